The van der Waals surface area contributed by atoms with E-state index in [0.29, 0.717) is 5.82 Å². The predicted octanol–water partition coefficient (Wildman–Crippen LogP) is 2.68. The van der Waals surface area contributed by atoms with Gasteiger partial charge in [-0.2, -0.15) is 5.10 Å². The third-order valence-electron chi connectivity index (χ3n) is 3.23. The highest BCUT2D eigenvalue weighted by Gasteiger charge is 2.11. The largest absolute Gasteiger partial charge is 0.363 e. The lowest BCUT2D eigenvalue weighted by Gasteiger charge is -2.15. The second-order valence-electron chi connectivity index (χ2n) is 4.65. The number of fused-ring (bicyclic) bond motifs is 1. The van der Waals surface area contributed by atoms with Gasteiger partial charge < -0.3 is 5.32 Å². The molecular weight excluding hydrogens is 257 g/mol. The Morgan fingerprint density at radius 1 is 1.30 bits per heavy atom. The molecule has 6 heteroatoms. The van der Waals surface area contributed by atoms with Crippen LogP contribution in [0, 0.1) is 5.82 Å². The minimum Gasteiger partial charge on any atom is -0.363 e. The summed E-state index contributed by atoms with van der Waals surface area (Å²) in [5, 5.41) is 8.28. The number of nitrogens with zero attached hydrogens (tertiary/aromatic N) is 4. The molecule has 20 heavy (non-hydrogen) atoms. The molecule has 0 saturated carbocycles. The van der Waals surface area contributed by atoms with E-state index >= 15 is 0 Å². The first kappa shape index (κ1) is 12.5. The van der Waals surface area contributed by atoms with Crippen LogP contribution in [0.5, 0.6) is 0 Å². The van der Waals surface area contributed by atoms with Crippen LogP contribution in [0.15, 0.2) is 36.8 Å². The first-order valence-electron chi connectivity index (χ1n) is 6.30. The van der Waals surface area contributed by atoms with Crippen LogP contribution in [-0.2, 0) is 7.05 Å². The van der Waals surface area contributed by atoms with E-state index in [9.17, 15) is 4.39 Å². The van der Waals surface area contributed by atoms with E-state index in [0.717, 1.165) is 16.6 Å². The molecule has 0 spiro atoms. The molecule has 5 nitrogen and oxygen atoms in total. The van der Waals surface area contributed by atoms with Crippen molar-refractivity contribution in [1.29, 1.82) is 0 Å². The molecular formula is C14H14FN5. The Kier molecular flexibility index (Phi) is 3.06. The topological polar surface area (TPSA) is 55.6 Å². The summed E-state index contributed by atoms with van der Waals surface area (Å²) in [7, 11) is 1.83. The highest BCUT2D eigenvalue weighted by Crippen LogP contribution is 2.23. The van der Waals surface area contributed by atoms with Crippen molar-refractivity contribution in [3.05, 3.63) is 48.2 Å². The van der Waals surface area contributed by atoms with E-state index in [2.05, 4.69) is 20.4 Å². The molecule has 0 bridgehead atoms. The van der Waals surface area contributed by atoms with Gasteiger partial charge >= 0.3 is 0 Å². The smallest absolute Gasteiger partial charge is 0.163 e. The summed E-state index contributed by atoms with van der Waals surface area (Å²) < 4.78 is 14.9. The van der Waals surface area contributed by atoms with Crippen molar-refractivity contribution in [1.82, 2.24) is 19.7 Å². The Balaban J connectivity index is 1.93. The Hall–Kier alpha value is -2.50. The van der Waals surface area contributed by atoms with E-state index < -0.39 is 0 Å². The van der Waals surface area contributed by atoms with E-state index in [1.165, 1.54) is 18.5 Å². The average molecular weight is 271 g/mol. The van der Waals surface area contributed by atoms with Gasteiger partial charge in [-0.05, 0) is 24.6 Å². The monoisotopic (exact) mass is 271 g/mol. The lowest BCUT2D eigenvalue weighted by atomic mass is 10.1. The lowest BCUT2D eigenvalue weighted by Crippen LogP contribution is -2.08. The first-order chi connectivity index (χ1) is 9.65. The molecule has 1 N–H and O–H groups in total. The molecule has 0 amide bonds. The van der Waals surface area contributed by atoms with Gasteiger partial charge in [-0.1, -0.05) is 12.1 Å². The molecule has 1 unspecified atom stereocenters. The minimum absolute atomic E-state index is 0.0657. The van der Waals surface area contributed by atoms with E-state index in [1.54, 1.807) is 16.9 Å². The van der Waals surface area contributed by atoms with Gasteiger partial charge in [-0.15, -0.1) is 0 Å². The normalized spacial score (nSPS) is 12.6. The quantitative estimate of drug-likeness (QED) is 0.795. The molecule has 0 aliphatic carbocycles. The first-order valence-corrected chi connectivity index (χ1v) is 6.30. The highest BCUT2D eigenvalue weighted by atomic mass is 19.1. The molecule has 3 rings (SSSR count). The zero-order chi connectivity index (χ0) is 14.1. The molecule has 2 aromatic heterocycles. The van der Waals surface area contributed by atoms with Gasteiger partial charge in [0.15, 0.2) is 5.65 Å². The molecule has 0 aliphatic rings. The number of aromatic nitrogens is 4. The van der Waals surface area contributed by atoms with Gasteiger partial charge in [0.05, 0.1) is 17.6 Å². The molecule has 0 fully saturated rings. The highest BCUT2D eigenvalue weighted by molar-refractivity contribution is 5.86. The van der Waals surface area contributed by atoms with Crippen LogP contribution < -0.4 is 5.32 Å². The maximum absolute atomic E-state index is 13.3. The zero-order valence-electron chi connectivity index (χ0n) is 11.2. The Morgan fingerprint density at radius 2 is 2.15 bits per heavy atom. The number of rotatable bonds is 3. The van der Waals surface area contributed by atoms with Crippen molar-refractivity contribution in [2.45, 2.75) is 13.0 Å². The molecule has 1 atom stereocenters. The second-order valence-corrected chi connectivity index (χ2v) is 4.65. The molecule has 2 heterocycles. The third kappa shape index (κ3) is 2.20. The maximum atomic E-state index is 13.3. The van der Waals surface area contributed by atoms with Gasteiger partial charge in [0.2, 0.25) is 0 Å². The fraction of sp³-hybridized carbons (Fsp3) is 0.214. The van der Waals surface area contributed by atoms with Gasteiger partial charge in [0.25, 0.3) is 0 Å². The van der Waals surface area contributed by atoms with Crippen LogP contribution in [0.1, 0.15) is 18.5 Å². The SMILES string of the molecule is CC(Nc1ncnc2c1cnn2C)c1cccc(F)c1. The second kappa shape index (κ2) is 4.88. The number of anilines is 1. The van der Waals surface area contributed by atoms with Crippen molar-refractivity contribution < 1.29 is 4.39 Å². The van der Waals surface area contributed by atoms with Crippen molar-refractivity contribution in [2.75, 3.05) is 5.32 Å². The maximum Gasteiger partial charge on any atom is 0.163 e. The van der Waals surface area contributed by atoms with Gasteiger partial charge in [-0.3, -0.25) is 4.68 Å². The van der Waals surface area contributed by atoms with Crippen LogP contribution in [0.3, 0.4) is 0 Å². The summed E-state index contributed by atoms with van der Waals surface area (Å²) in [5.41, 5.74) is 1.62. The number of benzene rings is 1. The molecule has 0 saturated heterocycles. The fourth-order valence-electron chi connectivity index (χ4n) is 2.14. The fourth-order valence-corrected chi connectivity index (χ4v) is 2.14. The Bertz CT molecular complexity index is 752. The van der Waals surface area contributed by atoms with Crippen molar-refractivity contribution in [2.24, 2.45) is 7.05 Å². The number of nitrogens with one attached hydrogen (secondary N) is 1. The average Bonchev–Trinajstić information content (AvgIpc) is 2.82. The summed E-state index contributed by atoms with van der Waals surface area (Å²) in [6.45, 7) is 1.96. The minimum atomic E-state index is -0.245. The van der Waals surface area contributed by atoms with Crippen molar-refractivity contribution in [3.63, 3.8) is 0 Å². The molecule has 0 aliphatic heterocycles. The third-order valence-corrected chi connectivity index (χ3v) is 3.23. The van der Waals surface area contributed by atoms with Crippen molar-refractivity contribution >= 4 is 16.9 Å². The van der Waals surface area contributed by atoms with Crippen LogP contribution in [-0.4, -0.2) is 19.7 Å². The van der Waals surface area contributed by atoms with E-state index in [4.69, 9.17) is 0 Å². The summed E-state index contributed by atoms with van der Waals surface area (Å²) in [5.74, 6) is 0.449. The predicted molar refractivity (Wildman–Crippen MR) is 74.7 cm³/mol. The van der Waals surface area contributed by atoms with Crippen LogP contribution >= 0.6 is 0 Å². The number of hydrogen-bond acceptors (Lipinski definition) is 4. The van der Waals surface area contributed by atoms with Gasteiger partial charge in [0, 0.05) is 7.05 Å². The zero-order valence-corrected chi connectivity index (χ0v) is 11.2. The van der Waals surface area contributed by atoms with E-state index in [1.807, 2.05) is 20.0 Å². The summed E-state index contributed by atoms with van der Waals surface area (Å²) in [4.78, 5) is 8.42. The molecule has 3 aromatic rings. The van der Waals surface area contributed by atoms with Gasteiger partial charge in [-0.25, -0.2) is 14.4 Å². The van der Waals surface area contributed by atoms with Crippen molar-refractivity contribution in [3.8, 4) is 0 Å². The van der Waals surface area contributed by atoms with E-state index in [-0.39, 0.29) is 11.9 Å². The molecule has 102 valence electrons. The summed E-state index contributed by atoms with van der Waals surface area (Å²) in [6, 6.07) is 6.45. The molecule has 1 aromatic carbocycles. The number of hydrogen-bond donors (Lipinski definition) is 1. The van der Waals surface area contributed by atoms with Crippen LogP contribution in [0.2, 0.25) is 0 Å². The van der Waals surface area contributed by atoms with Crippen LogP contribution in [0.4, 0.5) is 10.2 Å². The number of aryl methyl sites for hydroxylation is 1. The Labute approximate surface area is 115 Å². The summed E-state index contributed by atoms with van der Waals surface area (Å²) >= 11 is 0. The summed E-state index contributed by atoms with van der Waals surface area (Å²) in [6.07, 6.45) is 3.21. The van der Waals surface area contributed by atoms with Gasteiger partial charge in [0.1, 0.15) is 18.0 Å². The Morgan fingerprint density at radius 3 is 2.95 bits per heavy atom. The number of halogens is 1. The standard InChI is InChI=1S/C14H14FN5/c1-9(10-4-3-5-11(15)6-10)19-13-12-7-18-20(2)14(12)17-8-16-13/h3-9H,1-2H3,(H,16,17,19). The molecule has 0 radical (unpaired) electrons. The van der Waals surface area contributed by atoms with Crippen LogP contribution in [0.25, 0.3) is 11.0 Å². The lowest BCUT2D eigenvalue weighted by molar-refractivity contribution is 0.623.